The lowest BCUT2D eigenvalue weighted by Gasteiger charge is -2.21. The van der Waals surface area contributed by atoms with Gasteiger partial charge in [0.15, 0.2) is 12.2 Å². The summed E-state index contributed by atoms with van der Waals surface area (Å²) in [6.07, 6.45) is 65.1. The van der Waals surface area contributed by atoms with E-state index in [2.05, 4.69) is 48.5 Å². The number of phosphoric ester groups is 2. The first kappa shape index (κ1) is 102. The summed E-state index contributed by atoms with van der Waals surface area (Å²) < 4.78 is 68.8. The average molecular weight is 1520 g/mol. The van der Waals surface area contributed by atoms with Gasteiger partial charge in [-0.15, -0.1) is 0 Å². The molecule has 104 heavy (non-hydrogen) atoms. The zero-order valence-corrected chi connectivity index (χ0v) is 70.3. The highest BCUT2D eigenvalue weighted by Crippen LogP contribution is 2.45. The number of aliphatic hydroxyl groups is 1. The first-order valence-electron chi connectivity index (χ1n) is 43.9. The number of hydrogen-bond acceptors (Lipinski definition) is 15. The van der Waals surface area contributed by atoms with Gasteiger partial charge in [-0.1, -0.05) is 395 Å². The van der Waals surface area contributed by atoms with Crippen LogP contribution in [-0.2, 0) is 65.4 Å². The van der Waals surface area contributed by atoms with Gasteiger partial charge in [0.25, 0.3) is 0 Å². The van der Waals surface area contributed by atoms with E-state index in [1.165, 1.54) is 257 Å². The van der Waals surface area contributed by atoms with Crippen LogP contribution in [0.3, 0.4) is 0 Å². The summed E-state index contributed by atoms with van der Waals surface area (Å²) in [4.78, 5) is 73.2. The molecule has 3 N–H and O–H groups in total. The van der Waals surface area contributed by atoms with Gasteiger partial charge in [0.05, 0.1) is 26.4 Å². The van der Waals surface area contributed by atoms with Crippen LogP contribution in [0.5, 0.6) is 0 Å². The molecule has 0 saturated heterocycles. The minimum Gasteiger partial charge on any atom is -0.462 e. The van der Waals surface area contributed by atoms with E-state index in [4.69, 9.17) is 37.0 Å². The van der Waals surface area contributed by atoms with Crippen LogP contribution in [0.15, 0.2) is 0 Å². The van der Waals surface area contributed by atoms with E-state index in [0.717, 1.165) is 108 Å². The molecule has 0 spiro atoms. The van der Waals surface area contributed by atoms with E-state index in [-0.39, 0.29) is 25.7 Å². The number of rotatable bonds is 83. The topological polar surface area (TPSA) is 237 Å². The zero-order chi connectivity index (χ0) is 76.5. The van der Waals surface area contributed by atoms with Crippen LogP contribution in [0.2, 0.25) is 0 Å². The second-order valence-corrected chi connectivity index (χ2v) is 34.4. The Hall–Kier alpha value is -1.94. The quantitative estimate of drug-likeness (QED) is 0.0222. The maximum atomic E-state index is 13.1. The molecular formula is C85H166O17P2. The Balaban J connectivity index is 5.23. The molecule has 0 amide bonds. The molecule has 618 valence electrons. The third-order valence-corrected chi connectivity index (χ3v) is 22.5. The Bertz CT molecular complexity index is 2010. The fourth-order valence-electron chi connectivity index (χ4n) is 13.1. The van der Waals surface area contributed by atoms with Gasteiger partial charge in [0.1, 0.15) is 19.3 Å². The number of aliphatic hydroxyl groups excluding tert-OH is 1. The zero-order valence-electron chi connectivity index (χ0n) is 68.5. The average Bonchev–Trinajstić information content (AvgIpc) is 0.914. The Labute approximate surface area is 638 Å². The molecule has 0 aliphatic rings. The smallest absolute Gasteiger partial charge is 0.462 e. The number of hydrogen-bond donors (Lipinski definition) is 3. The molecule has 0 aromatic rings. The highest BCUT2D eigenvalue weighted by atomic mass is 31.2. The minimum absolute atomic E-state index is 0.106. The number of phosphoric acid groups is 2. The Morgan fingerprint density at radius 2 is 0.490 bits per heavy atom. The fourth-order valence-corrected chi connectivity index (χ4v) is 14.7. The molecule has 0 heterocycles. The van der Waals surface area contributed by atoms with E-state index in [9.17, 15) is 43.2 Å². The van der Waals surface area contributed by atoms with Crippen molar-refractivity contribution < 1.29 is 80.2 Å². The second-order valence-electron chi connectivity index (χ2n) is 31.5. The summed E-state index contributed by atoms with van der Waals surface area (Å²) >= 11 is 0. The van der Waals surface area contributed by atoms with Crippen molar-refractivity contribution in [3.05, 3.63) is 0 Å². The monoisotopic (exact) mass is 1520 g/mol. The van der Waals surface area contributed by atoms with E-state index in [1.807, 2.05) is 0 Å². The Kier molecular flexibility index (Phi) is 73.7. The standard InChI is InChI=1S/C85H166O17P2/c1-8-11-12-13-14-15-28-38-45-52-59-66-82(87)95-72-81(102-85(90)69-62-55-48-41-34-33-35-42-49-56-63-76(4)5)75-100-104(93,94)98-71-79(86)70-97-103(91,92)99-74-80(73-96-83(88)67-60-53-46-39-31-26-23-22-25-30-37-44-51-58-65-78(7)10-3)101-84(89)68-61-54-47-40-32-27-21-19-17-16-18-20-24-29-36-43-50-57-64-77(6)9-2/h76-81,86H,8-75H2,1-7H3,(H,91,92)(H,93,94)/t77?,78?,79-,80-,81-/m1/s1. The van der Waals surface area contributed by atoms with Gasteiger partial charge >= 0.3 is 39.5 Å². The van der Waals surface area contributed by atoms with Crippen LogP contribution in [0.25, 0.3) is 0 Å². The molecule has 0 rings (SSSR count). The van der Waals surface area contributed by atoms with Gasteiger partial charge in [0.2, 0.25) is 0 Å². The molecule has 0 aliphatic carbocycles. The number of ether oxygens (including phenoxy) is 4. The number of carbonyl (C=O) groups excluding carboxylic acids is 4. The Morgan fingerprint density at radius 1 is 0.279 bits per heavy atom. The molecule has 7 atom stereocenters. The number of carbonyl (C=O) groups is 4. The summed E-state index contributed by atoms with van der Waals surface area (Å²) in [5.41, 5.74) is 0. The van der Waals surface area contributed by atoms with Crippen molar-refractivity contribution in [2.75, 3.05) is 39.6 Å². The van der Waals surface area contributed by atoms with Crippen LogP contribution in [-0.4, -0.2) is 96.7 Å². The lowest BCUT2D eigenvalue weighted by molar-refractivity contribution is -0.161. The first-order valence-corrected chi connectivity index (χ1v) is 46.9. The van der Waals surface area contributed by atoms with Crippen LogP contribution in [0.4, 0.5) is 0 Å². The van der Waals surface area contributed by atoms with Gasteiger partial charge in [-0.05, 0) is 43.4 Å². The molecule has 0 fully saturated rings. The van der Waals surface area contributed by atoms with E-state index >= 15 is 0 Å². The maximum Gasteiger partial charge on any atom is 0.472 e. The summed E-state index contributed by atoms with van der Waals surface area (Å²) in [6.45, 7) is 12.1. The van der Waals surface area contributed by atoms with Gasteiger partial charge < -0.3 is 33.8 Å². The third kappa shape index (κ3) is 75.5. The van der Waals surface area contributed by atoms with Crippen LogP contribution >= 0.6 is 15.6 Å². The van der Waals surface area contributed by atoms with Crippen molar-refractivity contribution in [1.82, 2.24) is 0 Å². The van der Waals surface area contributed by atoms with Gasteiger partial charge in [0, 0.05) is 25.7 Å². The second kappa shape index (κ2) is 75.1. The molecule has 0 bridgehead atoms. The van der Waals surface area contributed by atoms with Gasteiger partial charge in [-0.25, -0.2) is 9.13 Å². The summed E-state index contributed by atoms with van der Waals surface area (Å²) in [7, 11) is -9.93. The summed E-state index contributed by atoms with van der Waals surface area (Å²) in [5.74, 6) is 0.367. The van der Waals surface area contributed by atoms with Crippen molar-refractivity contribution in [1.29, 1.82) is 0 Å². The molecule has 0 aromatic heterocycles. The molecule has 19 heteroatoms. The SMILES string of the molecule is CCCCCCCCCCCCCC(=O)OC[C@H](COP(=O)(O)OC[C@H](O)COP(=O)(O)OC[C@@H](COC(=O)CCCCCCCCCCCCCCCCC(C)CC)OC(=O)CCCCCCCCCCCCCCCCCCCCC(C)CC)OC(=O)CCCCCCCCCCCCC(C)C. The van der Waals surface area contributed by atoms with Gasteiger partial charge in [-0.2, -0.15) is 0 Å². The highest BCUT2D eigenvalue weighted by molar-refractivity contribution is 7.47. The van der Waals surface area contributed by atoms with Gasteiger partial charge in [-0.3, -0.25) is 37.3 Å². The molecule has 0 aliphatic heterocycles. The molecule has 0 aromatic carbocycles. The number of esters is 4. The largest absolute Gasteiger partial charge is 0.472 e. The van der Waals surface area contributed by atoms with Crippen LogP contribution in [0.1, 0.15) is 447 Å². The van der Waals surface area contributed by atoms with Crippen molar-refractivity contribution in [2.45, 2.75) is 465 Å². The highest BCUT2D eigenvalue weighted by Gasteiger charge is 2.30. The van der Waals surface area contributed by atoms with E-state index < -0.39 is 97.5 Å². The number of unbranched alkanes of at least 4 members (excludes halogenated alkanes) is 49. The fraction of sp³-hybridized carbons (Fsp3) is 0.953. The summed E-state index contributed by atoms with van der Waals surface area (Å²) in [5, 5.41) is 10.7. The van der Waals surface area contributed by atoms with Crippen molar-refractivity contribution >= 4 is 39.5 Å². The molecular weight excluding hydrogens is 1350 g/mol. The molecule has 4 unspecified atom stereocenters. The lowest BCUT2D eigenvalue weighted by Crippen LogP contribution is -2.30. The predicted octanol–water partition coefficient (Wildman–Crippen LogP) is 25.7. The van der Waals surface area contributed by atoms with Crippen molar-refractivity contribution in [3.63, 3.8) is 0 Å². The maximum absolute atomic E-state index is 13.1. The van der Waals surface area contributed by atoms with Crippen molar-refractivity contribution in [2.24, 2.45) is 17.8 Å². The summed E-state index contributed by atoms with van der Waals surface area (Å²) in [6, 6.07) is 0. The van der Waals surface area contributed by atoms with Crippen LogP contribution in [0, 0.1) is 17.8 Å². The van der Waals surface area contributed by atoms with E-state index in [0.29, 0.717) is 25.7 Å². The van der Waals surface area contributed by atoms with E-state index in [1.54, 1.807) is 0 Å². The van der Waals surface area contributed by atoms with Crippen molar-refractivity contribution in [3.8, 4) is 0 Å². The Morgan fingerprint density at radius 3 is 0.731 bits per heavy atom. The molecule has 17 nitrogen and oxygen atoms in total. The molecule has 0 saturated carbocycles. The minimum atomic E-state index is -4.97. The normalized spacial score (nSPS) is 14.4. The first-order chi connectivity index (χ1) is 50.3. The predicted molar refractivity (Wildman–Crippen MR) is 428 cm³/mol. The molecule has 0 radical (unpaired) electrons. The van der Waals surface area contributed by atoms with Crippen LogP contribution < -0.4 is 0 Å². The lowest BCUT2D eigenvalue weighted by atomic mass is 9.99. The third-order valence-electron chi connectivity index (χ3n) is 20.6.